The number of halogens is 1. The van der Waals surface area contributed by atoms with Gasteiger partial charge in [-0.15, -0.1) is 0 Å². The second-order valence-electron chi connectivity index (χ2n) is 6.16. The van der Waals surface area contributed by atoms with Crippen LogP contribution in [0.3, 0.4) is 0 Å². The average molecular weight is 376 g/mol. The number of nitrogens with one attached hydrogen (secondary N) is 1. The van der Waals surface area contributed by atoms with Crippen molar-refractivity contribution >= 4 is 17.5 Å². The zero-order valence-electron chi connectivity index (χ0n) is 14.9. The highest BCUT2D eigenvalue weighted by molar-refractivity contribution is 6.30. The number of carbonyl (C=O) groups is 1. The zero-order chi connectivity index (χ0) is 18.5. The van der Waals surface area contributed by atoms with Gasteiger partial charge in [0, 0.05) is 29.1 Å². The first-order chi connectivity index (χ1) is 12.5. The van der Waals surface area contributed by atoms with Crippen molar-refractivity contribution in [2.24, 2.45) is 0 Å². The van der Waals surface area contributed by atoms with Gasteiger partial charge < -0.3 is 19.5 Å². The van der Waals surface area contributed by atoms with Crippen molar-refractivity contribution in [3.05, 3.63) is 52.5 Å². The van der Waals surface area contributed by atoms with Crippen LogP contribution in [-0.4, -0.2) is 25.2 Å². The molecule has 1 amide bonds. The number of hydrogen-bond donors (Lipinski definition) is 1. The van der Waals surface area contributed by atoms with Crippen molar-refractivity contribution in [1.29, 1.82) is 0 Å². The van der Waals surface area contributed by atoms with Crippen molar-refractivity contribution in [1.82, 2.24) is 5.32 Å². The number of rotatable bonds is 7. The summed E-state index contributed by atoms with van der Waals surface area (Å²) >= 11 is 5.90. The van der Waals surface area contributed by atoms with E-state index in [0.717, 1.165) is 29.0 Å². The molecule has 138 valence electrons. The van der Waals surface area contributed by atoms with Crippen molar-refractivity contribution in [3.63, 3.8) is 0 Å². The number of carbonyl (C=O) groups excluding carboxylic acids is 1. The van der Waals surface area contributed by atoms with Crippen molar-refractivity contribution in [3.8, 4) is 17.2 Å². The maximum Gasteiger partial charge on any atom is 0.258 e. The molecule has 0 bridgehead atoms. The van der Waals surface area contributed by atoms with E-state index in [9.17, 15) is 4.79 Å². The third-order valence-electron chi connectivity index (χ3n) is 4.02. The smallest absolute Gasteiger partial charge is 0.258 e. The molecule has 3 rings (SSSR count). The SMILES string of the molecule is CCOc1cc2c(cc1CNC(=O)COc1cccc(Cl)c1)O[C@@H](C)C2. The molecule has 2 aromatic carbocycles. The van der Waals surface area contributed by atoms with Crippen LogP contribution in [0.4, 0.5) is 0 Å². The second-order valence-corrected chi connectivity index (χ2v) is 6.59. The van der Waals surface area contributed by atoms with E-state index in [1.807, 2.05) is 26.0 Å². The lowest BCUT2D eigenvalue weighted by atomic mass is 10.1. The molecule has 0 saturated carbocycles. The lowest BCUT2D eigenvalue weighted by molar-refractivity contribution is -0.123. The fourth-order valence-corrected chi connectivity index (χ4v) is 3.04. The Kier molecular flexibility index (Phi) is 5.89. The molecule has 0 spiro atoms. The lowest BCUT2D eigenvalue weighted by Crippen LogP contribution is -2.28. The topological polar surface area (TPSA) is 56.8 Å². The summed E-state index contributed by atoms with van der Waals surface area (Å²) < 4.78 is 17.0. The first-order valence-electron chi connectivity index (χ1n) is 8.65. The van der Waals surface area contributed by atoms with E-state index in [2.05, 4.69) is 5.32 Å². The van der Waals surface area contributed by atoms with E-state index in [4.69, 9.17) is 25.8 Å². The summed E-state index contributed by atoms with van der Waals surface area (Å²) in [4.78, 5) is 12.1. The molecular formula is C20H22ClNO4. The van der Waals surface area contributed by atoms with Crippen molar-refractivity contribution in [2.45, 2.75) is 32.9 Å². The minimum absolute atomic E-state index is 0.0806. The van der Waals surface area contributed by atoms with E-state index in [0.29, 0.717) is 23.9 Å². The van der Waals surface area contributed by atoms with Crippen molar-refractivity contribution < 1.29 is 19.0 Å². The summed E-state index contributed by atoms with van der Waals surface area (Å²) in [6, 6.07) is 10.9. The molecular weight excluding hydrogens is 354 g/mol. The minimum atomic E-state index is -0.220. The van der Waals surface area contributed by atoms with E-state index in [1.165, 1.54) is 0 Å². The number of fused-ring (bicyclic) bond motifs is 1. The monoisotopic (exact) mass is 375 g/mol. The third kappa shape index (κ3) is 4.61. The number of benzene rings is 2. The highest BCUT2D eigenvalue weighted by Crippen LogP contribution is 2.35. The Bertz CT molecular complexity index is 793. The van der Waals surface area contributed by atoms with E-state index in [1.54, 1.807) is 24.3 Å². The maximum absolute atomic E-state index is 12.1. The summed E-state index contributed by atoms with van der Waals surface area (Å²) in [6.07, 6.45) is 1.03. The molecule has 0 saturated heterocycles. The molecule has 5 nitrogen and oxygen atoms in total. The van der Waals surface area contributed by atoms with Crippen LogP contribution in [-0.2, 0) is 17.8 Å². The van der Waals surface area contributed by atoms with Crippen LogP contribution in [0.2, 0.25) is 5.02 Å². The van der Waals surface area contributed by atoms with Crippen LogP contribution in [0.5, 0.6) is 17.2 Å². The normalized spacial score (nSPS) is 15.1. The summed E-state index contributed by atoms with van der Waals surface area (Å²) in [7, 11) is 0. The molecule has 2 aromatic rings. The van der Waals surface area contributed by atoms with E-state index >= 15 is 0 Å². The second kappa shape index (κ2) is 8.32. The highest BCUT2D eigenvalue weighted by Gasteiger charge is 2.22. The molecule has 1 heterocycles. The van der Waals surface area contributed by atoms with Gasteiger partial charge in [0.2, 0.25) is 0 Å². The molecule has 1 aliphatic heterocycles. The molecule has 1 N–H and O–H groups in total. The molecule has 0 unspecified atom stereocenters. The van der Waals surface area contributed by atoms with Crippen LogP contribution in [0.1, 0.15) is 25.0 Å². The minimum Gasteiger partial charge on any atom is -0.494 e. The molecule has 26 heavy (non-hydrogen) atoms. The summed E-state index contributed by atoms with van der Waals surface area (Å²) in [5, 5.41) is 3.42. The van der Waals surface area contributed by atoms with E-state index < -0.39 is 0 Å². The molecule has 0 radical (unpaired) electrons. The molecule has 6 heteroatoms. The maximum atomic E-state index is 12.1. The summed E-state index contributed by atoms with van der Waals surface area (Å²) in [5.74, 6) is 1.98. The van der Waals surface area contributed by atoms with Gasteiger partial charge in [-0.1, -0.05) is 17.7 Å². The van der Waals surface area contributed by atoms with Gasteiger partial charge in [0.15, 0.2) is 6.61 Å². The van der Waals surface area contributed by atoms with Gasteiger partial charge in [-0.25, -0.2) is 0 Å². The fourth-order valence-electron chi connectivity index (χ4n) is 2.86. The molecule has 1 atom stereocenters. The Balaban J connectivity index is 1.60. The number of ether oxygens (including phenoxy) is 3. The van der Waals surface area contributed by atoms with Gasteiger partial charge in [-0.2, -0.15) is 0 Å². The molecule has 0 aromatic heterocycles. The van der Waals surface area contributed by atoms with Crippen LogP contribution in [0.15, 0.2) is 36.4 Å². The predicted molar refractivity (Wildman–Crippen MR) is 100 cm³/mol. The van der Waals surface area contributed by atoms with Gasteiger partial charge in [0.1, 0.15) is 23.4 Å². The fraction of sp³-hybridized carbons (Fsp3) is 0.350. The molecule has 0 aliphatic carbocycles. The number of hydrogen-bond acceptors (Lipinski definition) is 4. The van der Waals surface area contributed by atoms with Gasteiger partial charge >= 0.3 is 0 Å². The highest BCUT2D eigenvalue weighted by atomic mass is 35.5. The Morgan fingerprint density at radius 3 is 2.92 bits per heavy atom. The predicted octanol–water partition coefficient (Wildman–Crippen LogP) is 3.76. The van der Waals surface area contributed by atoms with Crippen LogP contribution in [0, 0.1) is 0 Å². The van der Waals surface area contributed by atoms with Gasteiger partial charge in [-0.3, -0.25) is 4.79 Å². The van der Waals surface area contributed by atoms with Gasteiger partial charge in [-0.05, 0) is 44.2 Å². The Morgan fingerprint density at radius 1 is 1.31 bits per heavy atom. The Labute approximate surface area is 158 Å². The van der Waals surface area contributed by atoms with Crippen molar-refractivity contribution in [2.75, 3.05) is 13.2 Å². The summed E-state index contributed by atoms with van der Waals surface area (Å²) in [6.45, 7) is 4.80. The lowest BCUT2D eigenvalue weighted by Gasteiger charge is -2.13. The van der Waals surface area contributed by atoms with Gasteiger partial charge in [0.05, 0.1) is 6.61 Å². The standard InChI is InChI=1S/C20H22ClNO4/c1-3-24-18-8-14-7-13(2)26-19(14)9-15(18)11-22-20(23)12-25-17-6-4-5-16(21)10-17/h4-6,8-10,13H,3,7,11-12H2,1-2H3,(H,22,23)/t13-/m0/s1. The first-order valence-corrected chi connectivity index (χ1v) is 9.03. The largest absolute Gasteiger partial charge is 0.494 e. The Morgan fingerprint density at radius 2 is 2.15 bits per heavy atom. The first kappa shape index (κ1) is 18.4. The van der Waals surface area contributed by atoms with E-state index in [-0.39, 0.29) is 18.6 Å². The third-order valence-corrected chi connectivity index (χ3v) is 4.26. The quantitative estimate of drug-likeness (QED) is 0.800. The molecule has 1 aliphatic rings. The van der Waals surface area contributed by atoms with Crippen LogP contribution < -0.4 is 19.5 Å². The average Bonchev–Trinajstić information content (AvgIpc) is 2.97. The van der Waals surface area contributed by atoms with Crippen LogP contribution in [0.25, 0.3) is 0 Å². The van der Waals surface area contributed by atoms with Crippen LogP contribution >= 0.6 is 11.6 Å². The Hall–Kier alpha value is -2.40. The molecule has 0 fully saturated rings. The summed E-state index contributed by atoms with van der Waals surface area (Å²) in [5.41, 5.74) is 2.02. The zero-order valence-corrected chi connectivity index (χ0v) is 15.6. The van der Waals surface area contributed by atoms with Gasteiger partial charge in [0.25, 0.3) is 5.91 Å². The number of amides is 1.